The molecule has 0 aromatic carbocycles. The Morgan fingerprint density at radius 3 is 2.10 bits per heavy atom. The van der Waals surface area contributed by atoms with Crippen LogP contribution in [0.3, 0.4) is 0 Å². The highest BCUT2D eigenvalue weighted by Gasteiger charge is 2.25. The predicted molar refractivity (Wildman–Crippen MR) is 44.3 cm³/mol. The quantitative estimate of drug-likeness (QED) is 0.564. The Labute approximate surface area is 68.2 Å². The van der Waals surface area contributed by atoms with Gasteiger partial charge in [-0.1, -0.05) is 0 Å². The van der Waals surface area contributed by atoms with Gasteiger partial charge in [0.2, 0.25) is 0 Å². The summed E-state index contributed by atoms with van der Waals surface area (Å²) in [5, 5.41) is 9.09. The first kappa shape index (κ1) is 10.2. The summed E-state index contributed by atoms with van der Waals surface area (Å²) < 4.78 is 0. The summed E-state index contributed by atoms with van der Waals surface area (Å²) in [6.45, 7) is 2.05. The largest absolute Gasteiger partial charge is 0.393 e. The van der Waals surface area contributed by atoms with Crippen molar-refractivity contribution in [3.8, 4) is 0 Å². The van der Waals surface area contributed by atoms with Crippen LogP contribution >= 0.6 is 12.4 Å². The molecule has 0 aliphatic heterocycles. The molecule has 0 radical (unpaired) electrons. The monoisotopic (exact) mass is 165 g/mol. The summed E-state index contributed by atoms with van der Waals surface area (Å²) in [6.07, 6.45) is 3.61. The molecular weight excluding hydrogens is 150 g/mol. The van der Waals surface area contributed by atoms with Crippen LogP contribution in [0, 0.1) is 0 Å². The summed E-state index contributed by atoms with van der Waals surface area (Å²) in [4.78, 5) is 0. The van der Waals surface area contributed by atoms with E-state index in [1.807, 2.05) is 0 Å². The molecule has 2 nitrogen and oxygen atoms in total. The average molecular weight is 166 g/mol. The van der Waals surface area contributed by atoms with Gasteiger partial charge in [-0.3, -0.25) is 0 Å². The molecule has 0 heterocycles. The fourth-order valence-corrected chi connectivity index (χ4v) is 1.26. The lowest BCUT2D eigenvalue weighted by Gasteiger charge is -2.31. The SMILES string of the molecule is CC1(N)CCC(O)CC1.Cl. The number of hydrogen-bond donors (Lipinski definition) is 2. The van der Waals surface area contributed by atoms with Crippen molar-refractivity contribution in [1.29, 1.82) is 0 Å². The van der Waals surface area contributed by atoms with Crippen molar-refractivity contribution in [2.45, 2.75) is 44.2 Å². The fraction of sp³-hybridized carbons (Fsp3) is 1.00. The first-order chi connectivity index (χ1) is 4.10. The van der Waals surface area contributed by atoms with E-state index in [0.717, 1.165) is 25.7 Å². The molecule has 1 aliphatic carbocycles. The number of rotatable bonds is 0. The van der Waals surface area contributed by atoms with Gasteiger partial charge in [0.15, 0.2) is 0 Å². The molecule has 0 spiro atoms. The van der Waals surface area contributed by atoms with Gasteiger partial charge in [-0.15, -0.1) is 12.4 Å². The molecule has 0 amide bonds. The Morgan fingerprint density at radius 2 is 1.80 bits per heavy atom. The number of hydrogen-bond acceptors (Lipinski definition) is 2. The maximum Gasteiger partial charge on any atom is 0.0541 e. The third kappa shape index (κ3) is 2.86. The van der Waals surface area contributed by atoms with Gasteiger partial charge in [-0.25, -0.2) is 0 Å². The molecular formula is C7H16ClNO. The number of aliphatic hydroxyl groups excluding tert-OH is 1. The third-order valence-corrected chi connectivity index (χ3v) is 2.10. The van der Waals surface area contributed by atoms with Crippen molar-refractivity contribution in [2.75, 3.05) is 0 Å². The van der Waals surface area contributed by atoms with E-state index in [2.05, 4.69) is 6.92 Å². The minimum Gasteiger partial charge on any atom is -0.393 e. The normalized spacial score (nSPS) is 40.5. The van der Waals surface area contributed by atoms with Gasteiger partial charge in [0.25, 0.3) is 0 Å². The molecule has 1 rings (SSSR count). The maximum absolute atomic E-state index is 9.09. The van der Waals surface area contributed by atoms with E-state index in [4.69, 9.17) is 10.8 Å². The smallest absolute Gasteiger partial charge is 0.0541 e. The van der Waals surface area contributed by atoms with Gasteiger partial charge in [-0.2, -0.15) is 0 Å². The predicted octanol–water partition coefficient (Wildman–Crippen LogP) is 1.06. The molecule has 0 aromatic rings. The Morgan fingerprint density at radius 1 is 1.40 bits per heavy atom. The van der Waals surface area contributed by atoms with Gasteiger partial charge in [-0.05, 0) is 32.6 Å². The van der Waals surface area contributed by atoms with E-state index in [9.17, 15) is 0 Å². The summed E-state index contributed by atoms with van der Waals surface area (Å²) in [7, 11) is 0. The number of nitrogens with two attached hydrogens (primary N) is 1. The lowest BCUT2D eigenvalue weighted by atomic mass is 9.83. The van der Waals surface area contributed by atoms with Crippen LogP contribution in [0.5, 0.6) is 0 Å². The van der Waals surface area contributed by atoms with E-state index >= 15 is 0 Å². The molecule has 1 saturated carbocycles. The van der Waals surface area contributed by atoms with Crippen molar-refractivity contribution < 1.29 is 5.11 Å². The van der Waals surface area contributed by atoms with Crippen LogP contribution < -0.4 is 5.73 Å². The molecule has 0 aromatic heterocycles. The van der Waals surface area contributed by atoms with Gasteiger partial charge >= 0.3 is 0 Å². The molecule has 0 unspecified atom stereocenters. The van der Waals surface area contributed by atoms with E-state index in [0.29, 0.717) is 0 Å². The minimum absolute atomic E-state index is 0. The van der Waals surface area contributed by atoms with E-state index in [-0.39, 0.29) is 24.0 Å². The van der Waals surface area contributed by atoms with Gasteiger partial charge < -0.3 is 10.8 Å². The second-order valence-corrected chi connectivity index (χ2v) is 3.39. The lowest BCUT2D eigenvalue weighted by Crippen LogP contribution is -2.41. The van der Waals surface area contributed by atoms with Gasteiger partial charge in [0, 0.05) is 5.54 Å². The van der Waals surface area contributed by atoms with Crippen molar-refractivity contribution in [3.63, 3.8) is 0 Å². The Balaban J connectivity index is 0.000000810. The topological polar surface area (TPSA) is 46.2 Å². The highest BCUT2D eigenvalue weighted by atomic mass is 35.5. The van der Waals surface area contributed by atoms with Crippen molar-refractivity contribution >= 4 is 12.4 Å². The molecule has 3 heteroatoms. The first-order valence-electron chi connectivity index (χ1n) is 3.57. The molecule has 1 aliphatic rings. The summed E-state index contributed by atoms with van der Waals surface area (Å²) >= 11 is 0. The van der Waals surface area contributed by atoms with Gasteiger partial charge in [0.1, 0.15) is 0 Å². The molecule has 0 saturated heterocycles. The Bertz CT molecular complexity index is 95.8. The van der Waals surface area contributed by atoms with E-state index in [1.165, 1.54) is 0 Å². The second-order valence-electron chi connectivity index (χ2n) is 3.39. The summed E-state index contributed by atoms with van der Waals surface area (Å²) in [6, 6.07) is 0. The third-order valence-electron chi connectivity index (χ3n) is 2.10. The molecule has 0 bridgehead atoms. The standard InChI is InChI=1S/C7H15NO.ClH/c1-7(8)4-2-6(9)3-5-7;/h6,9H,2-5,8H2,1H3;1H. The summed E-state index contributed by atoms with van der Waals surface area (Å²) in [5.41, 5.74) is 5.83. The lowest BCUT2D eigenvalue weighted by molar-refractivity contribution is 0.102. The molecule has 62 valence electrons. The highest BCUT2D eigenvalue weighted by molar-refractivity contribution is 5.85. The van der Waals surface area contributed by atoms with Crippen molar-refractivity contribution in [3.05, 3.63) is 0 Å². The zero-order valence-electron chi connectivity index (χ0n) is 6.34. The molecule has 3 N–H and O–H groups in total. The average Bonchev–Trinajstić information content (AvgIpc) is 1.78. The maximum atomic E-state index is 9.09. The van der Waals surface area contributed by atoms with Crippen LogP contribution in [0.4, 0.5) is 0 Å². The van der Waals surface area contributed by atoms with Crippen LogP contribution in [-0.4, -0.2) is 16.7 Å². The zero-order valence-corrected chi connectivity index (χ0v) is 7.16. The molecule has 1 fully saturated rings. The van der Waals surface area contributed by atoms with Gasteiger partial charge in [0.05, 0.1) is 6.10 Å². The van der Waals surface area contributed by atoms with Crippen molar-refractivity contribution in [2.24, 2.45) is 5.73 Å². The van der Waals surface area contributed by atoms with Crippen LogP contribution in [0.25, 0.3) is 0 Å². The van der Waals surface area contributed by atoms with E-state index in [1.54, 1.807) is 0 Å². The highest BCUT2D eigenvalue weighted by Crippen LogP contribution is 2.25. The first-order valence-corrected chi connectivity index (χ1v) is 3.57. The number of aliphatic hydroxyl groups is 1. The minimum atomic E-state index is -0.0818. The van der Waals surface area contributed by atoms with Crippen LogP contribution in [0.2, 0.25) is 0 Å². The molecule has 0 atom stereocenters. The Hall–Kier alpha value is 0.210. The van der Waals surface area contributed by atoms with Crippen LogP contribution in [-0.2, 0) is 0 Å². The number of halogens is 1. The van der Waals surface area contributed by atoms with Crippen LogP contribution in [0.1, 0.15) is 32.6 Å². The van der Waals surface area contributed by atoms with E-state index < -0.39 is 0 Å². The van der Waals surface area contributed by atoms with Crippen LogP contribution in [0.15, 0.2) is 0 Å². The Kier molecular flexibility index (Phi) is 3.63. The second kappa shape index (κ2) is 3.56. The fourth-order valence-electron chi connectivity index (χ4n) is 1.26. The zero-order chi connectivity index (χ0) is 6.91. The molecule has 10 heavy (non-hydrogen) atoms. The summed E-state index contributed by atoms with van der Waals surface area (Å²) in [5.74, 6) is 0. The van der Waals surface area contributed by atoms with Crippen molar-refractivity contribution in [1.82, 2.24) is 0 Å².